The number of benzene rings is 1. The molecule has 18 heavy (non-hydrogen) atoms. The van der Waals surface area contributed by atoms with Crippen molar-refractivity contribution in [3.63, 3.8) is 0 Å². The van der Waals surface area contributed by atoms with E-state index in [1.807, 2.05) is 17.0 Å². The van der Waals surface area contributed by atoms with E-state index < -0.39 is 0 Å². The summed E-state index contributed by atoms with van der Waals surface area (Å²) in [6.07, 6.45) is 1.98. The Balaban J connectivity index is 1.77. The molecule has 0 radical (unpaired) electrons. The van der Waals surface area contributed by atoms with Crippen molar-refractivity contribution < 1.29 is 4.79 Å². The average molecular weight is 264 g/mol. The van der Waals surface area contributed by atoms with Crippen LogP contribution in [0.2, 0.25) is 0 Å². The largest absolute Gasteiger partial charge is 0.338 e. The van der Waals surface area contributed by atoms with Gasteiger partial charge in [-0.1, -0.05) is 31.2 Å². The first kappa shape index (κ1) is 12.0. The van der Waals surface area contributed by atoms with Crippen molar-refractivity contribution in [3.05, 3.63) is 35.4 Å². The zero-order chi connectivity index (χ0) is 12.7. The van der Waals surface area contributed by atoms with E-state index >= 15 is 0 Å². The zero-order valence-electron chi connectivity index (χ0n) is 10.6. The third-order valence-corrected chi connectivity index (χ3v) is 4.79. The van der Waals surface area contributed by atoms with Crippen molar-refractivity contribution >= 4 is 17.5 Å². The Labute approximate surface area is 113 Å². The van der Waals surface area contributed by atoms with Crippen LogP contribution in [-0.2, 0) is 11.2 Å². The van der Waals surface area contributed by atoms with Gasteiger partial charge in [0.2, 0.25) is 5.91 Å². The molecular formula is C15H18ClNO. The van der Waals surface area contributed by atoms with Gasteiger partial charge in [0.1, 0.15) is 0 Å². The number of carbonyl (C=O) groups excluding carboxylic acids is 1. The van der Waals surface area contributed by atoms with Crippen molar-refractivity contribution in [1.82, 2.24) is 4.90 Å². The van der Waals surface area contributed by atoms with Gasteiger partial charge in [-0.3, -0.25) is 4.79 Å². The Morgan fingerprint density at radius 3 is 2.94 bits per heavy atom. The van der Waals surface area contributed by atoms with E-state index in [2.05, 4.69) is 19.1 Å². The predicted molar refractivity (Wildman–Crippen MR) is 72.9 cm³/mol. The third kappa shape index (κ3) is 1.74. The predicted octanol–water partition coefficient (Wildman–Crippen LogP) is 2.80. The third-order valence-electron chi connectivity index (χ3n) is 4.48. The van der Waals surface area contributed by atoms with Crippen LogP contribution in [0.25, 0.3) is 0 Å². The molecule has 3 unspecified atom stereocenters. The second-order valence-corrected chi connectivity index (χ2v) is 5.78. The van der Waals surface area contributed by atoms with E-state index in [0.717, 1.165) is 19.4 Å². The smallest absolute Gasteiger partial charge is 0.230 e. The van der Waals surface area contributed by atoms with E-state index in [-0.39, 0.29) is 17.9 Å². The topological polar surface area (TPSA) is 20.3 Å². The molecule has 1 aromatic rings. The zero-order valence-corrected chi connectivity index (χ0v) is 11.4. The maximum absolute atomic E-state index is 12.6. The molecule has 3 heteroatoms. The number of nitrogens with zero attached hydrogens (tertiary/aromatic N) is 1. The molecule has 0 N–H and O–H groups in total. The molecule has 1 amide bonds. The lowest BCUT2D eigenvalue weighted by molar-refractivity contribution is -0.134. The molecule has 3 rings (SSSR count). The molecule has 1 saturated heterocycles. The summed E-state index contributed by atoms with van der Waals surface area (Å²) in [4.78, 5) is 14.6. The number of hydrogen-bond donors (Lipinski definition) is 0. The summed E-state index contributed by atoms with van der Waals surface area (Å²) >= 11 is 6.01. The van der Waals surface area contributed by atoms with Crippen LogP contribution < -0.4 is 0 Å². The van der Waals surface area contributed by atoms with Crippen molar-refractivity contribution in [2.45, 2.75) is 31.7 Å². The van der Waals surface area contributed by atoms with Crippen LogP contribution in [0.5, 0.6) is 0 Å². The molecular weight excluding hydrogens is 246 g/mol. The standard InChI is InChI=1S/C15H18ClNO/c1-10-6-7-17(14(10)9-16)15(18)13-8-11-4-2-3-5-12(11)13/h2-5,10,13-14H,6-9H2,1H3. The van der Waals surface area contributed by atoms with E-state index in [0.29, 0.717) is 11.8 Å². The van der Waals surface area contributed by atoms with Gasteiger partial charge in [-0.25, -0.2) is 0 Å². The van der Waals surface area contributed by atoms with Gasteiger partial charge in [-0.15, -0.1) is 11.6 Å². The van der Waals surface area contributed by atoms with Gasteiger partial charge < -0.3 is 4.90 Å². The molecule has 1 fully saturated rings. The Kier molecular flexibility index (Phi) is 3.06. The van der Waals surface area contributed by atoms with Gasteiger partial charge >= 0.3 is 0 Å². The fraction of sp³-hybridized carbons (Fsp3) is 0.533. The van der Waals surface area contributed by atoms with E-state index in [1.54, 1.807) is 0 Å². The summed E-state index contributed by atoms with van der Waals surface area (Å²) in [5, 5.41) is 0. The fourth-order valence-corrected chi connectivity index (χ4v) is 3.67. The molecule has 1 aliphatic carbocycles. The summed E-state index contributed by atoms with van der Waals surface area (Å²) in [5.74, 6) is 1.45. The van der Waals surface area contributed by atoms with Gasteiger partial charge in [-0.2, -0.15) is 0 Å². The summed E-state index contributed by atoms with van der Waals surface area (Å²) in [5.41, 5.74) is 2.54. The van der Waals surface area contributed by atoms with Crippen LogP contribution in [0, 0.1) is 5.92 Å². The van der Waals surface area contributed by atoms with Crippen molar-refractivity contribution in [3.8, 4) is 0 Å². The van der Waals surface area contributed by atoms with Gasteiger partial charge in [-0.05, 0) is 29.9 Å². The second-order valence-electron chi connectivity index (χ2n) is 5.47. The first-order chi connectivity index (χ1) is 8.72. The van der Waals surface area contributed by atoms with Crippen LogP contribution in [0.4, 0.5) is 0 Å². The SMILES string of the molecule is CC1CCN(C(=O)C2Cc3ccccc32)C1CCl. The maximum atomic E-state index is 12.6. The lowest BCUT2D eigenvalue weighted by Crippen LogP contribution is -2.44. The summed E-state index contributed by atoms with van der Waals surface area (Å²) < 4.78 is 0. The van der Waals surface area contributed by atoms with E-state index in [9.17, 15) is 4.79 Å². The minimum atomic E-state index is 0.0808. The molecule has 2 aliphatic rings. The fourth-order valence-electron chi connectivity index (χ4n) is 3.20. The van der Waals surface area contributed by atoms with Gasteiger partial charge in [0.15, 0.2) is 0 Å². The average Bonchev–Trinajstić information content (AvgIpc) is 2.71. The highest BCUT2D eigenvalue weighted by Gasteiger charge is 2.40. The number of rotatable bonds is 2. The highest BCUT2D eigenvalue weighted by atomic mass is 35.5. The number of fused-ring (bicyclic) bond motifs is 1. The minimum Gasteiger partial charge on any atom is -0.338 e. The Bertz CT molecular complexity index is 473. The van der Waals surface area contributed by atoms with Crippen LogP contribution in [0.3, 0.4) is 0 Å². The Morgan fingerprint density at radius 1 is 1.44 bits per heavy atom. The molecule has 1 aromatic carbocycles. The summed E-state index contributed by atoms with van der Waals surface area (Å²) in [6, 6.07) is 8.48. The number of carbonyl (C=O) groups is 1. The van der Waals surface area contributed by atoms with Gasteiger partial charge in [0.05, 0.1) is 5.92 Å². The molecule has 3 atom stereocenters. The first-order valence-electron chi connectivity index (χ1n) is 6.66. The molecule has 1 aliphatic heterocycles. The van der Waals surface area contributed by atoms with E-state index in [4.69, 9.17) is 11.6 Å². The van der Waals surface area contributed by atoms with Gasteiger partial charge in [0.25, 0.3) is 0 Å². The van der Waals surface area contributed by atoms with Crippen molar-refractivity contribution in [2.75, 3.05) is 12.4 Å². The van der Waals surface area contributed by atoms with Crippen LogP contribution in [0.1, 0.15) is 30.4 Å². The molecule has 0 saturated carbocycles. The highest BCUT2D eigenvalue weighted by molar-refractivity contribution is 6.18. The van der Waals surface area contributed by atoms with Crippen LogP contribution in [0.15, 0.2) is 24.3 Å². The quantitative estimate of drug-likeness (QED) is 0.752. The molecule has 1 heterocycles. The summed E-state index contributed by atoms with van der Waals surface area (Å²) in [6.45, 7) is 3.06. The van der Waals surface area contributed by atoms with Crippen LogP contribution >= 0.6 is 11.6 Å². The Hall–Kier alpha value is -1.02. The molecule has 96 valence electrons. The highest BCUT2D eigenvalue weighted by Crippen LogP contribution is 2.38. The number of alkyl halides is 1. The number of halogens is 1. The number of amides is 1. The lowest BCUT2D eigenvalue weighted by Gasteiger charge is -2.35. The number of hydrogen-bond acceptors (Lipinski definition) is 1. The monoisotopic (exact) mass is 263 g/mol. The minimum absolute atomic E-state index is 0.0808. The first-order valence-corrected chi connectivity index (χ1v) is 7.20. The lowest BCUT2D eigenvalue weighted by atomic mass is 9.76. The van der Waals surface area contributed by atoms with Crippen molar-refractivity contribution in [2.24, 2.45) is 5.92 Å². The van der Waals surface area contributed by atoms with Crippen molar-refractivity contribution in [1.29, 1.82) is 0 Å². The van der Waals surface area contributed by atoms with E-state index in [1.165, 1.54) is 11.1 Å². The van der Waals surface area contributed by atoms with Gasteiger partial charge in [0, 0.05) is 18.5 Å². The second kappa shape index (κ2) is 4.58. The molecule has 0 spiro atoms. The summed E-state index contributed by atoms with van der Waals surface area (Å²) in [7, 11) is 0. The molecule has 2 nitrogen and oxygen atoms in total. The maximum Gasteiger partial charge on any atom is 0.230 e. The Morgan fingerprint density at radius 2 is 2.22 bits per heavy atom. The molecule has 0 aromatic heterocycles. The molecule has 0 bridgehead atoms. The number of likely N-dealkylation sites (tertiary alicyclic amines) is 1. The van der Waals surface area contributed by atoms with Crippen LogP contribution in [-0.4, -0.2) is 29.3 Å². The normalized spacial score (nSPS) is 29.9.